The lowest BCUT2D eigenvalue weighted by molar-refractivity contribution is 0.304. The highest BCUT2D eigenvalue weighted by Crippen LogP contribution is 2.24. The number of halogens is 1. The first-order valence-electron chi connectivity index (χ1n) is 6.42. The summed E-state index contributed by atoms with van der Waals surface area (Å²) in [6.45, 7) is 2.99. The summed E-state index contributed by atoms with van der Waals surface area (Å²) in [6, 6.07) is 5.41. The third-order valence-corrected chi connectivity index (χ3v) is 3.07. The predicted octanol–water partition coefficient (Wildman–Crippen LogP) is 4.66. The van der Waals surface area contributed by atoms with Gasteiger partial charge in [0, 0.05) is 6.07 Å². The van der Waals surface area contributed by atoms with E-state index < -0.39 is 0 Å². The number of ether oxygens (including phenoxy) is 1. The zero-order valence-corrected chi connectivity index (χ0v) is 11.3. The van der Waals surface area contributed by atoms with Crippen molar-refractivity contribution >= 4 is 17.3 Å². The minimum atomic E-state index is 0.561. The normalized spacial score (nSPS) is 10.5. The number of rotatable bonds is 8. The van der Waals surface area contributed by atoms with Crippen LogP contribution in [-0.4, -0.2) is 6.61 Å². The second-order valence-electron chi connectivity index (χ2n) is 4.30. The van der Waals surface area contributed by atoms with Gasteiger partial charge in [-0.3, -0.25) is 0 Å². The first-order chi connectivity index (χ1) is 8.24. The van der Waals surface area contributed by atoms with Gasteiger partial charge in [-0.25, -0.2) is 0 Å². The van der Waals surface area contributed by atoms with Gasteiger partial charge < -0.3 is 10.5 Å². The number of hydrogen-bond donors (Lipinski definition) is 1. The molecule has 0 unspecified atom stereocenters. The zero-order valence-electron chi connectivity index (χ0n) is 10.5. The van der Waals surface area contributed by atoms with Gasteiger partial charge in [0.1, 0.15) is 5.75 Å². The molecule has 96 valence electrons. The number of anilines is 1. The molecular formula is C14H22ClNO. The topological polar surface area (TPSA) is 35.2 Å². The maximum absolute atomic E-state index is 5.91. The van der Waals surface area contributed by atoms with E-state index in [1.54, 1.807) is 12.1 Å². The minimum absolute atomic E-state index is 0.561. The van der Waals surface area contributed by atoms with E-state index in [9.17, 15) is 0 Å². The maximum Gasteiger partial charge on any atom is 0.120 e. The Balaban J connectivity index is 2.11. The Hall–Kier alpha value is -0.890. The average Bonchev–Trinajstić information content (AvgIpc) is 2.32. The van der Waals surface area contributed by atoms with Crippen LogP contribution < -0.4 is 10.5 Å². The molecule has 0 aromatic heterocycles. The third-order valence-electron chi connectivity index (χ3n) is 2.74. The fourth-order valence-electron chi connectivity index (χ4n) is 1.67. The second kappa shape index (κ2) is 8.24. The summed E-state index contributed by atoms with van der Waals surface area (Å²) in [5, 5.41) is 0.561. The van der Waals surface area contributed by atoms with Gasteiger partial charge in [0.15, 0.2) is 0 Å². The lowest BCUT2D eigenvalue weighted by Gasteiger charge is -2.07. The van der Waals surface area contributed by atoms with E-state index >= 15 is 0 Å². The third kappa shape index (κ3) is 5.83. The average molecular weight is 256 g/mol. The van der Waals surface area contributed by atoms with Crippen LogP contribution >= 0.6 is 11.6 Å². The van der Waals surface area contributed by atoms with E-state index in [1.807, 2.05) is 6.07 Å². The first kappa shape index (κ1) is 14.2. The Bertz CT molecular complexity index is 328. The van der Waals surface area contributed by atoms with Gasteiger partial charge in [-0.05, 0) is 18.6 Å². The molecule has 0 saturated heterocycles. The van der Waals surface area contributed by atoms with Crippen LogP contribution in [0.25, 0.3) is 0 Å². The predicted molar refractivity (Wildman–Crippen MR) is 74.7 cm³/mol. The zero-order chi connectivity index (χ0) is 12.5. The van der Waals surface area contributed by atoms with Gasteiger partial charge in [-0.15, -0.1) is 0 Å². The van der Waals surface area contributed by atoms with Crippen LogP contribution in [0.15, 0.2) is 18.2 Å². The first-order valence-corrected chi connectivity index (χ1v) is 6.79. The van der Waals surface area contributed by atoms with Crippen LogP contribution in [0.2, 0.25) is 5.02 Å². The summed E-state index contributed by atoms with van der Waals surface area (Å²) in [6.07, 6.45) is 7.62. The van der Waals surface area contributed by atoms with Crippen molar-refractivity contribution in [1.82, 2.24) is 0 Å². The minimum Gasteiger partial charge on any atom is -0.494 e. The standard InChI is InChI=1S/C14H22ClNO/c1-2-3-4-5-6-7-10-17-12-8-9-14(16)13(15)11-12/h8-9,11H,2-7,10,16H2,1H3. The van der Waals surface area contributed by atoms with Crippen LogP contribution in [0.4, 0.5) is 5.69 Å². The van der Waals surface area contributed by atoms with Crippen molar-refractivity contribution < 1.29 is 4.74 Å². The molecule has 0 radical (unpaired) electrons. The van der Waals surface area contributed by atoms with Crippen molar-refractivity contribution in [2.45, 2.75) is 45.4 Å². The van der Waals surface area contributed by atoms with Gasteiger partial charge >= 0.3 is 0 Å². The molecule has 1 rings (SSSR count). The van der Waals surface area contributed by atoms with Crippen molar-refractivity contribution in [3.63, 3.8) is 0 Å². The molecule has 0 atom stereocenters. The highest BCUT2D eigenvalue weighted by Gasteiger charge is 1.99. The number of hydrogen-bond acceptors (Lipinski definition) is 2. The molecule has 1 aromatic carbocycles. The Labute approximate surface area is 109 Å². The summed E-state index contributed by atoms with van der Waals surface area (Å²) >= 11 is 5.91. The van der Waals surface area contributed by atoms with Crippen LogP contribution in [0, 0.1) is 0 Å². The highest BCUT2D eigenvalue weighted by molar-refractivity contribution is 6.33. The van der Waals surface area contributed by atoms with Gasteiger partial charge in [-0.1, -0.05) is 50.6 Å². The molecule has 2 nitrogen and oxygen atoms in total. The van der Waals surface area contributed by atoms with E-state index in [1.165, 1.54) is 32.1 Å². The summed E-state index contributed by atoms with van der Waals surface area (Å²) in [5.41, 5.74) is 6.22. The van der Waals surface area contributed by atoms with Crippen molar-refractivity contribution in [3.05, 3.63) is 23.2 Å². The molecule has 2 N–H and O–H groups in total. The monoisotopic (exact) mass is 255 g/mol. The van der Waals surface area contributed by atoms with Crippen molar-refractivity contribution in [3.8, 4) is 5.75 Å². The van der Waals surface area contributed by atoms with Gasteiger partial charge in [0.05, 0.1) is 17.3 Å². The second-order valence-corrected chi connectivity index (χ2v) is 4.71. The van der Waals surface area contributed by atoms with Crippen LogP contribution in [0.1, 0.15) is 45.4 Å². The molecule has 0 aliphatic rings. The fraction of sp³-hybridized carbons (Fsp3) is 0.571. The Morgan fingerprint density at radius 3 is 2.53 bits per heavy atom. The smallest absolute Gasteiger partial charge is 0.120 e. The fourth-order valence-corrected chi connectivity index (χ4v) is 1.84. The summed E-state index contributed by atoms with van der Waals surface area (Å²) in [7, 11) is 0. The summed E-state index contributed by atoms with van der Waals surface area (Å²) < 4.78 is 5.61. The molecule has 3 heteroatoms. The van der Waals surface area contributed by atoms with E-state index in [0.29, 0.717) is 10.7 Å². The van der Waals surface area contributed by atoms with Crippen molar-refractivity contribution in [2.75, 3.05) is 12.3 Å². The summed E-state index contributed by atoms with van der Waals surface area (Å²) in [4.78, 5) is 0. The van der Waals surface area contributed by atoms with Crippen LogP contribution in [0.3, 0.4) is 0 Å². The van der Waals surface area contributed by atoms with E-state index in [4.69, 9.17) is 22.1 Å². The molecule has 0 spiro atoms. The number of unbranched alkanes of at least 4 members (excludes halogenated alkanes) is 5. The SMILES string of the molecule is CCCCCCCCOc1ccc(N)c(Cl)c1. The molecule has 1 aromatic rings. The van der Waals surface area contributed by atoms with E-state index in [-0.39, 0.29) is 0 Å². The van der Waals surface area contributed by atoms with E-state index in [0.717, 1.165) is 18.8 Å². The van der Waals surface area contributed by atoms with Gasteiger partial charge in [0.25, 0.3) is 0 Å². The van der Waals surface area contributed by atoms with Crippen LogP contribution in [0.5, 0.6) is 5.75 Å². The molecule has 0 fully saturated rings. The molecule has 0 amide bonds. The Kier molecular flexibility index (Phi) is 6.87. The van der Waals surface area contributed by atoms with E-state index in [2.05, 4.69) is 6.92 Å². The summed E-state index contributed by atoms with van der Waals surface area (Å²) in [5.74, 6) is 0.803. The lowest BCUT2D eigenvalue weighted by atomic mass is 10.1. The molecule has 0 bridgehead atoms. The molecular weight excluding hydrogens is 234 g/mol. The highest BCUT2D eigenvalue weighted by atomic mass is 35.5. The number of benzene rings is 1. The Morgan fingerprint density at radius 2 is 1.82 bits per heavy atom. The van der Waals surface area contributed by atoms with Crippen molar-refractivity contribution in [1.29, 1.82) is 0 Å². The number of nitrogens with two attached hydrogens (primary N) is 1. The molecule has 0 saturated carbocycles. The molecule has 0 heterocycles. The van der Waals surface area contributed by atoms with Crippen LogP contribution in [-0.2, 0) is 0 Å². The maximum atomic E-state index is 5.91. The molecule has 0 aliphatic heterocycles. The largest absolute Gasteiger partial charge is 0.494 e. The lowest BCUT2D eigenvalue weighted by Crippen LogP contribution is -1.97. The molecule has 17 heavy (non-hydrogen) atoms. The molecule has 0 aliphatic carbocycles. The quantitative estimate of drug-likeness (QED) is 0.542. The number of nitrogen functional groups attached to an aromatic ring is 1. The Morgan fingerprint density at radius 1 is 1.12 bits per heavy atom. The van der Waals surface area contributed by atoms with Gasteiger partial charge in [-0.2, -0.15) is 0 Å². The van der Waals surface area contributed by atoms with Gasteiger partial charge in [0.2, 0.25) is 0 Å². The van der Waals surface area contributed by atoms with Crippen molar-refractivity contribution in [2.24, 2.45) is 0 Å².